The second-order valence-corrected chi connectivity index (χ2v) is 10.1. The molecule has 0 radical (unpaired) electrons. The monoisotopic (exact) mass is 413 g/mol. The fraction of sp³-hybridized carbons (Fsp3) is 0.389. The third kappa shape index (κ3) is 4.28. The number of ether oxygens (including phenoxy) is 1. The Morgan fingerprint density at radius 2 is 2.15 bits per heavy atom. The van der Waals surface area contributed by atoms with Crippen molar-refractivity contribution < 1.29 is 17.9 Å². The SMILES string of the molecule is COC(=O)Cc1cccc(C2CCCN(S(=O)(=O)c3ccc(Cl)s3)C2)c1. The van der Waals surface area contributed by atoms with E-state index in [9.17, 15) is 13.2 Å². The zero-order valence-corrected chi connectivity index (χ0v) is 16.7. The van der Waals surface area contributed by atoms with Crippen LogP contribution in [0.4, 0.5) is 0 Å². The topological polar surface area (TPSA) is 63.7 Å². The molecule has 1 unspecified atom stereocenters. The Morgan fingerprint density at radius 3 is 2.85 bits per heavy atom. The first kappa shape index (κ1) is 19.4. The fourth-order valence-electron chi connectivity index (χ4n) is 3.19. The van der Waals surface area contributed by atoms with E-state index < -0.39 is 10.0 Å². The highest BCUT2D eigenvalue weighted by atomic mass is 35.5. The molecule has 3 rings (SSSR count). The Kier molecular flexibility index (Phi) is 6.02. The predicted octanol–water partition coefficient (Wildman–Crippen LogP) is 3.69. The average Bonchev–Trinajstić information content (AvgIpc) is 3.09. The van der Waals surface area contributed by atoms with Crippen molar-refractivity contribution in [1.29, 1.82) is 0 Å². The molecular formula is C18H20ClNO4S2. The standard InChI is InChI=1S/C18H20ClNO4S2/c1-24-17(21)11-13-4-2-5-14(10-13)15-6-3-9-20(12-15)26(22,23)18-8-7-16(19)25-18/h2,4-5,7-8,10,15H,3,6,9,11-12H2,1H3. The van der Waals surface area contributed by atoms with E-state index in [4.69, 9.17) is 16.3 Å². The van der Waals surface area contributed by atoms with Crippen molar-refractivity contribution in [2.24, 2.45) is 0 Å². The number of piperidine rings is 1. The third-order valence-corrected chi connectivity index (χ3v) is 8.09. The van der Waals surface area contributed by atoms with E-state index in [0.29, 0.717) is 17.4 Å². The lowest BCUT2D eigenvalue weighted by molar-refractivity contribution is -0.139. The van der Waals surface area contributed by atoms with Crippen LogP contribution in [0.15, 0.2) is 40.6 Å². The van der Waals surface area contributed by atoms with Crippen LogP contribution in [0.2, 0.25) is 4.34 Å². The van der Waals surface area contributed by atoms with Crippen molar-refractivity contribution in [3.05, 3.63) is 51.9 Å². The highest BCUT2D eigenvalue weighted by Gasteiger charge is 2.32. The van der Waals surface area contributed by atoms with Gasteiger partial charge in [0.15, 0.2) is 0 Å². The molecule has 1 aliphatic heterocycles. The number of thiophene rings is 1. The van der Waals surface area contributed by atoms with Crippen LogP contribution in [0.3, 0.4) is 0 Å². The van der Waals surface area contributed by atoms with Crippen LogP contribution in [0, 0.1) is 0 Å². The normalized spacial score (nSPS) is 18.6. The van der Waals surface area contributed by atoms with Crippen molar-refractivity contribution in [2.45, 2.75) is 29.4 Å². The van der Waals surface area contributed by atoms with Crippen molar-refractivity contribution in [3.8, 4) is 0 Å². The molecule has 26 heavy (non-hydrogen) atoms. The molecule has 1 saturated heterocycles. The Labute approximate surface area is 162 Å². The molecule has 0 N–H and O–H groups in total. The molecular weight excluding hydrogens is 394 g/mol. The number of methoxy groups -OCH3 is 1. The second kappa shape index (κ2) is 8.08. The Morgan fingerprint density at radius 1 is 1.35 bits per heavy atom. The molecule has 140 valence electrons. The summed E-state index contributed by atoms with van der Waals surface area (Å²) >= 11 is 6.98. The molecule has 0 spiro atoms. The van der Waals surface area contributed by atoms with Gasteiger partial charge in [0.25, 0.3) is 10.0 Å². The summed E-state index contributed by atoms with van der Waals surface area (Å²) in [6.45, 7) is 0.940. The molecule has 1 fully saturated rings. The first-order valence-electron chi connectivity index (χ1n) is 8.31. The summed E-state index contributed by atoms with van der Waals surface area (Å²) in [5, 5.41) is 0. The van der Waals surface area contributed by atoms with Crippen LogP contribution in [0.5, 0.6) is 0 Å². The lowest BCUT2D eigenvalue weighted by Gasteiger charge is -2.32. The molecule has 0 amide bonds. The van der Waals surface area contributed by atoms with Crippen molar-refractivity contribution in [1.82, 2.24) is 4.31 Å². The van der Waals surface area contributed by atoms with Crippen LogP contribution in [0.25, 0.3) is 0 Å². The number of halogens is 1. The molecule has 0 bridgehead atoms. The average molecular weight is 414 g/mol. The minimum Gasteiger partial charge on any atom is -0.469 e. The summed E-state index contributed by atoms with van der Waals surface area (Å²) in [6.07, 6.45) is 1.93. The summed E-state index contributed by atoms with van der Waals surface area (Å²) in [5.41, 5.74) is 1.93. The number of rotatable bonds is 5. The van der Waals surface area contributed by atoms with E-state index in [1.807, 2.05) is 24.3 Å². The highest BCUT2D eigenvalue weighted by molar-refractivity contribution is 7.91. The van der Waals surface area contributed by atoms with Gasteiger partial charge in [0.2, 0.25) is 0 Å². The van der Waals surface area contributed by atoms with E-state index in [2.05, 4.69) is 0 Å². The summed E-state index contributed by atoms with van der Waals surface area (Å²) in [6, 6.07) is 10.9. The predicted molar refractivity (Wildman–Crippen MR) is 102 cm³/mol. The lowest BCUT2D eigenvalue weighted by Crippen LogP contribution is -2.38. The summed E-state index contributed by atoms with van der Waals surface area (Å²) in [4.78, 5) is 11.5. The highest BCUT2D eigenvalue weighted by Crippen LogP contribution is 2.33. The van der Waals surface area contributed by atoms with Crippen molar-refractivity contribution >= 4 is 38.9 Å². The molecule has 2 aromatic rings. The molecule has 1 aromatic carbocycles. The van der Waals surface area contributed by atoms with Crippen LogP contribution >= 0.6 is 22.9 Å². The van der Waals surface area contributed by atoms with E-state index in [0.717, 1.165) is 35.3 Å². The van der Waals surface area contributed by atoms with Gasteiger partial charge in [-0.25, -0.2) is 8.42 Å². The quantitative estimate of drug-likeness (QED) is 0.701. The third-order valence-electron chi connectivity index (χ3n) is 4.53. The summed E-state index contributed by atoms with van der Waals surface area (Å²) in [5.74, 6) is -0.184. The van der Waals surface area contributed by atoms with Crippen molar-refractivity contribution in [2.75, 3.05) is 20.2 Å². The Hall–Kier alpha value is -1.41. The summed E-state index contributed by atoms with van der Waals surface area (Å²) < 4.78 is 32.7. The van der Waals surface area contributed by atoms with Crippen LogP contribution < -0.4 is 0 Å². The fourth-order valence-corrected chi connectivity index (χ4v) is 6.35. The van der Waals surface area contributed by atoms with Gasteiger partial charge in [-0.1, -0.05) is 35.9 Å². The smallest absolute Gasteiger partial charge is 0.309 e. The lowest BCUT2D eigenvalue weighted by atomic mass is 9.90. The number of hydrogen-bond acceptors (Lipinski definition) is 5. The first-order valence-corrected chi connectivity index (χ1v) is 10.9. The number of nitrogens with zero attached hydrogens (tertiary/aromatic N) is 1. The van der Waals surface area contributed by atoms with Gasteiger partial charge in [-0.3, -0.25) is 4.79 Å². The zero-order chi connectivity index (χ0) is 18.7. The molecule has 1 aliphatic rings. The van der Waals surface area contributed by atoms with Gasteiger partial charge in [0.05, 0.1) is 17.9 Å². The van der Waals surface area contributed by atoms with Crippen molar-refractivity contribution in [3.63, 3.8) is 0 Å². The van der Waals surface area contributed by atoms with E-state index in [1.165, 1.54) is 11.4 Å². The number of benzene rings is 1. The molecule has 0 aliphatic carbocycles. The van der Waals surface area contributed by atoms with Gasteiger partial charge in [-0.05, 0) is 42.0 Å². The minimum absolute atomic E-state index is 0.103. The number of sulfonamides is 1. The minimum atomic E-state index is -3.52. The van der Waals surface area contributed by atoms with Gasteiger partial charge in [-0.2, -0.15) is 4.31 Å². The Bertz CT molecular complexity index is 894. The number of esters is 1. The molecule has 2 heterocycles. The maximum absolute atomic E-state index is 12.8. The van der Waals surface area contributed by atoms with Gasteiger partial charge in [0, 0.05) is 13.1 Å². The largest absolute Gasteiger partial charge is 0.469 e. The van der Waals surface area contributed by atoms with Crippen LogP contribution in [-0.4, -0.2) is 38.9 Å². The van der Waals surface area contributed by atoms with Gasteiger partial charge in [0.1, 0.15) is 4.21 Å². The van der Waals surface area contributed by atoms with Gasteiger partial charge < -0.3 is 4.74 Å². The summed E-state index contributed by atoms with van der Waals surface area (Å²) in [7, 11) is -2.15. The number of carbonyl (C=O) groups is 1. The maximum atomic E-state index is 12.8. The molecule has 8 heteroatoms. The molecule has 1 aromatic heterocycles. The second-order valence-electron chi connectivity index (χ2n) is 6.26. The van der Waals surface area contributed by atoms with Crippen LogP contribution in [-0.2, 0) is 26.0 Å². The van der Waals surface area contributed by atoms with Crippen LogP contribution in [0.1, 0.15) is 29.9 Å². The zero-order valence-electron chi connectivity index (χ0n) is 14.4. The Balaban J connectivity index is 1.78. The number of hydrogen-bond donors (Lipinski definition) is 0. The maximum Gasteiger partial charge on any atom is 0.309 e. The van der Waals surface area contributed by atoms with E-state index >= 15 is 0 Å². The first-order chi connectivity index (χ1) is 12.4. The van der Waals surface area contributed by atoms with E-state index in [-0.39, 0.29) is 22.5 Å². The molecule has 1 atom stereocenters. The van der Waals surface area contributed by atoms with Gasteiger partial charge >= 0.3 is 5.97 Å². The molecule has 0 saturated carbocycles. The van der Waals surface area contributed by atoms with E-state index in [1.54, 1.807) is 12.1 Å². The van der Waals surface area contributed by atoms with Gasteiger partial charge in [-0.15, -0.1) is 11.3 Å². The molecule has 5 nitrogen and oxygen atoms in total. The number of carbonyl (C=O) groups excluding carboxylic acids is 1.